The molecule has 4 heteroatoms. The summed E-state index contributed by atoms with van der Waals surface area (Å²) in [4.78, 5) is 12.6. The molecule has 0 aromatic heterocycles. The molecule has 130 valence electrons. The molecule has 0 fully saturated rings. The number of phenols is 2. The van der Waals surface area contributed by atoms with Gasteiger partial charge in [-0.3, -0.25) is 4.79 Å². The molecule has 0 saturated heterocycles. The van der Waals surface area contributed by atoms with Gasteiger partial charge in [0.25, 0.3) is 5.91 Å². The highest BCUT2D eigenvalue weighted by atomic mass is 16.3. The average molecular weight is 345 g/mol. The molecule has 26 heavy (non-hydrogen) atoms. The van der Waals surface area contributed by atoms with Crippen LogP contribution in [0, 0.1) is 0 Å². The van der Waals surface area contributed by atoms with Gasteiger partial charge in [-0.15, -0.1) is 0 Å². The van der Waals surface area contributed by atoms with Crippen molar-refractivity contribution in [3.05, 3.63) is 95.1 Å². The van der Waals surface area contributed by atoms with Crippen LogP contribution < -0.4 is 5.32 Å². The predicted molar refractivity (Wildman–Crippen MR) is 99.2 cm³/mol. The number of hydrogen-bond acceptors (Lipinski definition) is 3. The molecule has 0 radical (unpaired) electrons. The van der Waals surface area contributed by atoms with Crippen LogP contribution in [0.25, 0.3) is 0 Å². The number of rotatable bonds is 4. The van der Waals surface area contributed by atoms with Crippen molar-refractivity contribution in [1.29, 1.82) is 0 Å². The van der Waals surface area contributed by atoms with Crippen LogP contribution in [0.2, 0.25) is 0 Å². The van der Waals surface area contributed by atoms with Gasteiger partial charge in [-0.25, -0.2) is 0 Å². The molecule has 3 aromatic carbocycles. The van der Waals surface area contributed by atoms with Crippen molar-refractivity contribution in [1.82, 2.24) is 5.32 Å². The summed E-state index contributed by atoms with van der Waals surface area (Å²) in [5, 5.41) is 22.3. The minimum atomic E-state index is -0.568. The van der Waals surface area contributed by atoms with E-state index in [1.165, 1.54) is 0 Å². The summed E-state index contributed by atoms with van der Waals surface area (Å²) in [5.41, 5.74) is 3.16. The third kappa shape index (κ3) is 2.90. The summed E-state index contributed by atoms with van der Waals surface area (Å²) >= 11 is 0. The summed E-state index contributed by atoms with van der Waals surface area (Å²) in [7, 11) is 0. The lowest BCUT2D eigenvalue weighted by atomic mass is 9.80. The molecule has 4 rings (SSSR count). The largest absolute Gasteiger partial charge is 0.508 e. The molecule has 0 saturated carbocycles. The molecule has 0 bridgehead atoms. The third-order valence-corrected chi connectivity index (χ3v) is 4.92. The van der Waals surface area contributed by atoms with Crippen LogP contribution in [0.15, 0.2) is 72.8 Å². The summed E-state index contributed by atoms with van der Waals surface area (Å²) in [6, 6.07) is 21.8. The highest BCUT2D eigenvalue weighted by Crippen LogP contribution is 2.37. The molecule has 1 aliphatic heterocycles. The van der Waals surface area contributed by atoms with Crippen molar-refractivity contribution in [3.63, 3.8) is 0 Å². The van der Waals surface area contributed by atoms with Crippen molar-refractivity contribution in [2.24, 2.45) is 0 Å². The van der Waals surface area contributed by atoms with Gasteiger partial charge in [0.15, 0.2) is 0 Å². The van der Waals surface area contributed by atoms with E-state index >= 15 is 0 Å². The van der Waals surface area contributed by atoms with Gasteiger partial charge in [0, 0.05) is 18.4 Å². The van der Waals surface area contributed by atoms with Gasteiger partial charge in [-0.05, 0) is 47.0 Å². The number of carbonyl (C=O) groups is 1. The molecular weight excluding hydrogens is 326 g/mol. The van der Waals surface area contributed by atoms with E-state index in [2.05, 4.69) is 5.32 Å². The number of fused-ring (bicyclic) bond motifs is 1. The third-order valence-electron chi connectivity index (χ3n) is 4.92. The Morgan fingerprint density at radius 1 is 0.731 bits per heavy atom. The number of aromatic hydroxyl groups is 2. The highest BCUT2D eigenvalue weighted by molar-refractivity contribution is 6.00. The van der Waals surface area contributed by atoms with Crippen LogP contribution in [-0.4, -0.2) is 16.1 Å². The number of hydrogen-bond donors (Lipinski definition) is 3. The summed E-state index contributed by atoms with van der Waals surface area (Å²) in [6.45, 7) is 0. The number of benzene rings is 3. The lowest BCUT2D eigenvalue weighted by molar-refractivity contribution is 0.0928. The van der Waals surface area contributed by atoms with Crippen LogP contribution in [0.5, 0.6) is 11.5 Å². The smallest absolute Gasteiger partial charge is 0.252 e. The quantitative estimate of drug-likeness (QED) is 0.678. The first kappa shape index (κ1) is 16.2. The normalized spacial score (nSPS) is 14.7. The molecule has 3 N–H and O–H groups in total. The Labute approximate surface area is 151 Å². The number of nitrogens with one attached hydrogen (secondary N) is 1. The maximum Gasteiger partial charge on any atom is 0.252 e. The topological polar surface area (TPSA) is 69.6 Å². The lowest BCUT2D eigenvalue weighted by Gasteiger charge is -2.31. The van der Waals surface area contributed by atoms with Gasteiger partial charge < -0.3 is 15.5 Å². The fraction of sp³-hybridized carbons (Fsp3) is 0.136. The van der Waals surface area contributed by atoms with Crippen LogP contribution in [-0.2, 0) is 18.4 Å². The second-order valence-electron chi connectivity index (χ2n) is 6.77. The van der Waals surface area contributed by atoms with Crippen LogP contribution in [0.3, 0.4) is 0 Å². The zero-order chi connectivity index (χ0) is 18.1. The maximum atomic E-state index is 12.6. The molecule has 0 unspecified atom stereocenters. The van der Waals surface area contributed by atoms with Gasteiger partial charge in [-0.1, -0.05) is 42.5 Å². The fourth-order valence-corrected chi connectivity index (χ4v) is 3.72. The Hall–Kier alpha value is -3.27. The van der Waals surface area contributed by atoms with E-state index in [1.807, 2.05) is 48.5 Å². The van der Waals surface area contributed by atoms with Crippen molar-refractivity contribution in [3.8, 4) is 11.5 Å². The van der Waals surface area contributed by atoms with E-state index in [4.69, 9.17) is 0 Å². The average Bonchev–Trinajstić information content (AvgIpc) is 2.91. The van der Waals surface area contributed by atoms with E-state index in [0.717, 1.165) is 16.7 Å². The molecule has 1 amide bonds. The van der Waals surface area contributed by atoms with Gasteiger partial charge in [-0.2, -0.15) is 0 Å². The van der Waals surface area contributed by atoms with Gasteiger partial charge in [0.05, 0.1) is 5.54 Å². The number of phenolic OH excluding ortho intramolecular Hbond substituents is 2. The van der Waals surface area contributed by atoms with Gasteiger partial charge in [0.1, 0.15) is 11.5 Å². The second kappa shape index (κ2) is 6.23. The molecule has 1 aliphatic rings. The fourth-order valence-electron chi connectivity index (χ4n) is 3.72. The zero-order valence-electron chi connectivity index (χ0n) is 14.1. The standard InChI is InChI=1S/C22H19NO3/c24-17-9-5-15(6-10-17)13-22(14-16-7-11-18(25)12-8-16)20-4-2-1-3-19(20)21(26)23-22/h1-12,24-25H,13-14H2,(H,23,26). The first-order chi connectivity index (χ1) is 12.6. The summed E-state index contributed by atoms with van der Waals surface area (Å²) < 4.78 is 0. The van der Waals surface area contributed by atoms with Crippen molar-refractivity contribution < 1.29 is 15.0 Å². The van der Waals surface area contributed by atoms with Crippen LogP contribution in [0.1, 0.15) is 27.0 Å². The zero-order valence-corrected chi connectivity index (χ0v) is 14.1. The van der Waals surface area contributed by atoms with Crippen molar-refractivity contribution >= 4 is 5.91 Å². The van der Waals surface area contributed by atoms with Crippen molar-refractivity contribution in [2.45, 2.75) is 18.4 Å². The van der Waals surface area contributed by atoms with Crippen LogP contribution >= 0.6 is 0 Å². The Bertz CT molecular complexity index is 898. The Morgan fingerprint density at radius 2 is 1.23 bits per heavy atom. The molecule has 3 aromatic rings. The SMILES string of the molecule is O=C1NC(Cc2ccc(O)cc2)(Cc2ccc(O)cc2)c2ccccc21. The number of carbonyl (C=O) groups excluding carboxylic acids is 1. The van der Waals surface area contributed by atoms with Gasteiger partial charge in [0.2, 0.25) is 0 Å². The second-order valence-corrected chi connectivity index (χ2v) is 6.77. The monoisotopic (exact) mass is 345 g/mol. The molecule has 0 spiro atoms. The summed E-state index contributed by atoms with van der Waals surface area (Å²) in [6.07, 6.45) is 1.22. The first-order valence-corrected chi connectivity index (χ1v) is 8.54. The molecule has 4 nitrogen and oxygen atoms in total. The lowest BCUT2D eigenvalue weighted by Crippen LogP contribution is -2.43. The van der Waals surface area contributed by atoms with E-state index in [9.17, 15) is 15.0 Å². The van der Waals surface area contributed by atoms with E-state index in [0.29, 0.717) is 18.4 Å². The van der Waals surface area contributed by atoms with E-state index in [-0.39, 0.29) is 17.4 Å². The van der Waals surface area contributed by atoms with Gasteiger partial charge >= 0.3 is 0 Å². The first-order valence-electron chi connectivity index (χ1n) is 8.54. The predicted octanol–water partition coefficient (Wildman–Crippen LogP) is 3.52. The minimum Gasteiger partial charge on any atom is -0.508 e. The number of amides is 1. The van der Waals surface area contributed by atoms with E-state index < -0.39 is 5.54 Å². The highest BCUT2D eigenvalue weighted by Gasteiger charge is 2.42. The molecule has 1 heterocycles. The molecule has 0 atom stereocenters. The van der Waals surface area contributed by atoms with Crippen molar-refractivity contribution in [2.75, 3.05) is 0 Å². The minimum absolute atomic E-state index is 0.0712. The van der Waals surface area contributed by atoms with Crippen LogP contribution in [0.4, 0.5) is 0 Å². The van der Waals surface area contributed by atoms with E-state index in [1.54, 1.807) is 24.3 Å². The summed E-state index contributed by atoms with van der Waals surface area (Å²) in [5.74, 6) is 0.368. The Balaban J connectivity index is 1.78. The maximum absolute atomic E-state index is 12.6. The molecule has 0 aliphatic carbocycles. The Morgan fingerprint density at radius 3 is 1.77 bits per heavy atom. The Kier molecular flexibility index (Phi) is 3.88. The molecular formula is C22H19NO3.